The van der Waals surface area contributed by atoms with E-state index in [1.165, 1.54) is 0 Å². The van der Waals surface area contributed by atoms with Gasteiger partial charge < -0.3 is 10.1 Å². The third kappa shape index (κ3) is 4.68. The molecule has 0 radical (unpaired) electrons. The number of carbonyl (C=O) groups is 1. The molecule has 1 amide bonds. The van der Waals surface area contributed by atoms with Crippen molar-refractivity contribution in [3.63, 3.8) is 0 Å². The first-order chi connectivity index (χ1) is 11.2. The van der Waals surface area contributed by atoms with E-state index in [9.17, 15) is 13.6 Å². The van der Waals surface area contributed by atoms with Gasteiger partial charge in [-0.25, -0.2) is 8.78 Å². The fraction of sp³-hybridized carbons (Fsp3) is 0.278. The minimum atomic E-state index is -0.890. The van der Waals surface area contributed by atoms with Crippen molar-refractivity contribution in [2.75, 3.05) is 5.32 Å². The van der Waals surface area contributed by atoms with Gasteiger partial charge >= 0.3 is 0 Å². The van der Waals surface area contributed by atoms with Crippen LogP contribution in [-0.4, -0.2) is 5.91 Å². The Hall–Kier alpha value is -2.14. The summed E-state index contributed by atoms with van der Waals surface area (Å²) < 4.78 is 33.1. The van der Waals surface area contributed by atoms with Gasteiger partial charge in [0.05, 0.1) is 0 Å². The molecule has 2 aromatic carbocycles. The molecule has 0 aromatic heterocycles. The van der Waals surface area contributed by atoms with Crippen LogP contribution < -0.4 is 10.1 Å². The van der Waals surface area contributed by atoms with Crippen molar-refractivity contribution >= 4 is 23.2 Å². The van der Waals surface area contributed by atoms with Crippen molar-refractivity contribution in [1.82, 2.24) is 0 Å². The summed E-state index contributed by atoms with van der Waals surface area (Å²) in [7, 11) is 0. The first-order valence-electron chi connectivity index (χ1n) is 7.34. The second kappa shape index (κ2) is 7.18. The molecule has 0 aliphatic carbocycles. The van der Waals surface area contributed by atoms with Crippen LogP contribution in [0.3, 0.4) is 0 Å². The summed E-state index contributed by atoms with van der Waals surface area (Å²) in [4.78, 5) is 12.1. The van der Waals surface area contributed by atoms with Gasteiger partial charge in [-0.05, 0) is 17.7 Å². The zero-order valence-corrected chi connectivity index (χ0v) is 14.4. The van der Waals surface area contributed by atoms with Crippen LogP contribution in [0.25, 0.3) is 0 Å². The summed E-state index contributed by atoms with van der Waals surface area (Å²) >= 11 is 5.81. The number of hydrogen-bond donors (Lipinski definition) is 1. The number of benzene rings is 2. The molecule has 24 heavy (non-hydrogen) atoms. The van der Waals surface area contributed by atoms with Gasteiger partial charge in [0.25, 0.3) is 0 Å². The van der Waals surface area contributed by atoms with E-state index in [2.05, 4.69) is 5.32 Å². The van der Waals surface area contributed by atoms with E-state index in [0.717, 1.165) is 11.6 Å². The van der Waals surface area contributed by atoms with Crippen LogP contribution in [0.5, 0.6) is 5.75 Å². The molecule has 6 heteroatoms. The molecule has 0 heterocycles. The third-order valence-electron chi connectivity index (χ3n) is 3.25. The van der Waals surface area contributed by atoms with E-state index in [-0.39, 0.29) is 18.0 Å². The average Bonchev–Trinajstić information content (AvgIpc) is 2.48. The second-order valence-corrected chi connectivity index (χ2v) is 6.82. The summed E-state index contributed by atoms with van der Waals surface area (Å²) in [5.41, 5.74) is -0.128. The molecule has 0 atom stereocenters. The van der Waals surface area contributed by atoms with Crippen LogP contribution in [0.4, 0.5) is 14.5 Å². The van der Waals surface area contributed by atoms with Crippen LogP contribution in [-0.2, 0) is 11.4 Å². The van der Waals surface area contributed by atoms with Gasteiger partial charge in [-0.1, -0.05) is 44.5 Å². The van der Waals surface area contributed by atoms with Crippen molar-refractivity contribution in [2.45, 2.75) is 27.4 Å². The number of amides is 1. The Morgan fingerprint density at radius 1 is 1.17 bits per heavy atom. The van der Waals surface area contributed by atoms with E-state index in [1.54, 1.807) is 45.0 Å². The van der Waals surface area contributed by atoms with Crippen molar-refractivity contribution in [3.8, 4) is 5.75 Å². The minimum absolute atomic E-state index is 0.0694. The molecule has 0 aliphatic rings. The molecule has 0 unspecified atom stereocenters. The summed E-state index contributed by atoms with van der Waals surface area (Å²) in [6.45, 7) is 5.16. The first kappa shape index (κ1) is 18.2. The molecule has 0 saturated carbocycles. The Bertz CT molecular complexity index is 740. The van der Waals surface area contributed by atoms with Crippen LogP contribution >= 0.6 is 11.6 Å². The number of halogens is 3. The minimum Gasteiger partial charge on any atom is -0.487 e. The van der Waals surface area contributed by atoms with Gasteiger partial charge in [0.1, 0.15) is 23.9 Å². The van der Waals surface area contributed by atoms with Crippen LogP contribution in [0.15, 0.2) is 36.4 Å². The maximum absolute atomic E-state index is 14.1. The predicted octanol–water partition coefficient (Wildman–Crippen LogP) is 5.18. The molecule has 1 N–H and O–H groups in total. The molecular formula is C18H18ClF2NO2. The standard InChI is InChI=1S/C18H18ClF2NO2/c1-18(2,3)17(23)22-16-14(21)8-13(20)9-15(16)24-10-11-4-6-12(19)7-5-11/h4-9H,10H2,1-3H3,(H,22,23). The molecule has 0 fully saturated rings. The van der Waals surface area contributed by atoms with Gasteiger partial charge in [0, 0.05) is 22.6 Å². The number of hydrogen-bond acceptors (Lipinski definition) is 2. The molecule has 2 rings (SSSR count). The van der Waals surface area contributed by atoms with E-state index in [4.69, 9.17) is 16.3 Å². The van der Waals surface area contributed by atoms with E-state index < -0.39 is 23.0 Å². The van der Waals surface area contributed by atoms with Gasteiger partial charge in [-0.15, -0.1) is 0 Å². The maximum Gasteiger partial charge on any atom is 0.229 e. The Balaban J connectivity index is 2.24. The highest BCUT2D eigenvalue weighted by atomic mass is 35.5. The Kier molecular flexibility index (Phi) is 5.44. The highest BCUT2D eigenvalue weighted by Crippen LogP contribution is 2.31. The van der Waals surface area contributed by atoms with Crippen molar-refractivity contribution < 1.29 is 18.3 Å². The normalized spacial score (nSPS) is 11.2. The van der Waals surface area contributed by atoms with Crippen LogP contribution in [0.1, 0.15) is 26.3 Å². The number of nitrogens with one attached hydrogen (secondary N) is 1. The van der Waals surface area contributed by atoms with E-state index >= 15 is 0 Å². The van der Waals surface area contributed by atoms with Crippen molar-refractivity contribution in [2.24, 2.45) is 5.41 Å². The molecule has 0 saturated heterocycles. The Morgan fingerprint density at radius 3 is 2.38 bits per heavy atom. The quantitative estimate of drug-likeness (QED) is 0.822. The summed E-state index contributed by atoms with van der Waals surface area (Å²) in [5, 5.41) is 3.04. The Labute approximate surface area is 144 Å². The highest BCUT2D eigenvalue weighted by molar-refractivity contribution is 6.30. The highest BCUT2D eigenvalue weighted by Gasteiger charge is 2.24. The number of anilines is 1. The van der Waals surface area contributed by atoms with Gasteiger partial charge in [-0.2, -0.15) is 0 Å². The average molecular weight is 354 g/mol. The van der Waals surface area contributed by atoms with Gasteiger partial charge in [0.15, 0.2) is 5.82 Å². The van der Waals surface area contributed by atoms with Crippen LogP contribution in [0, 0.1) is 17.0 Å². The van der Waals surface area contributed by atoms with Gasteiger partial charge in [0.2, 0.25) is 5.91 Å². The summed E-state index contributed by atoms with van der Waals surface area (Å²) in [6, 6.07) is 8.60. The number of rotatable bonds is 4. The molecule has 3 nitrogen and oxygen atoms in total. The lowest BCUT2D eigenvalue weighted by Gasteiger charge is -2.20. The SMILES string of the molecule is CC(C)(C)C(=O)Nc1c(F)cc(F)cc1OCc1ccc(Cl)cc1. The molecule has 0 aliphatic heterocycles. The zero-order valence-electron chi connectivity index (χ0n) is 13.6. The fourth-order valence-electron chi connectivity index (χ4n) is 1.83. The largest absolute Gasteiger partial charge is 0.487 e. The lowest BCUT2D eigenvalue weighted by molar-refractivity contribution is -0.123. The number of ether oxygens (including phenoxy) is 1. The predicted molar refractivity (Wildman–Crippen MR) is 90.2 cm³/mol. The lowest BCUT2D eigenvalue weighted by Crippen LogP contribution is -2.28. The van der Waals surface area contributed by atoms with E-state index in [0.29, 0.717) is 11.1 Å². The smallest absolute Gasteiger partial charge is 0.229 e. The third-order valence-corrected chi connectivity index (χ3v) is 3.50. The van der Waals surface area contributed by atoms with Crippen molar-refractivity contribution in [3.05, 3.63) is 58.6 Å². The zero-order chi connectivity index (χ0) is 17.9. The second-order valence-electron chi connectivity index (χ2n) is 6.38. The molecule has 0 spiro atoms. The summed E-state index contributed by atoms with van der Waals surface area (Å²) in [5.74, 6) is -2.14. The first-order valence-corrected chi connectivity index (χ1v) is 7.72. The summed E-state index contributed by atoms with van der Waals surface area (Å²) in [6.07, 6.45) is 0. The Morgan fingerprint density at radius 2 is 1.79 bits per heavy atom. The molecule has 2 aromatic rings. The number of carbonyl (C=O) groups excluding carboxylic acids is 1. The maximum atomic E-state index is 14.1. The molecule has 0 bridgehead atoms. The fourth-order valence-corrected chi connectivity index (χ4v) is 1.95. The van der Waals surface area contributed by atoms with Crippen LogP contribution in [0.2, 0.25) is 5.02 Å². The van der Waals surface area contributed by atoms with Crippen molar-refractivity contribution in [1.29, 1.82) is 0 Å². The molecular weight excluding hydrogens is 336 g/mol. The van der Waals surface area contributed by atoms with E-state index in [1.807, 2.05) is 0 Å². The topological polar surface area (TPSA) is 38.3 Å². The monoisotopic (exact) mass is 353 g/mol. The lowest BCUT2D eigenvalue weighted by atomic mass is 9.95. The molecule has 128 valence electrons. The van der Waals surface area contributed by atoms with Gasteiger partial charge in [-0.3, -0.25) is 4.79 Å².